The van der Waals surface area contributed by atoms with Gasteiger partial charge in [0.1, 0.15) is 0 Å². The molecule has 108 valence electrons. The van der Waals surface area contributed by atoms with Crippen molar-refractivity contribution in [2.75, 3.05) is 32.7 Å². The second kappa shape index (κ2) is 5.29. The minimum atomic E-state index is 0.122. The number of carbonyl (C=O) groups is 1. The van der Waals surface area contributed by atoms with Gasteiger partial charge in [0.15, 0.2) is 0 Å². The molecule has 4 unspecified atom stereocenters. The number of nitrogens with two attached hydrogens (primary N) is 1. The lowest BCUT2D eigenvalue weighted by Gasteiger charge is -2.46. The molecule has 2 amide bonds. The van der Waals surface area contributed by atoms with Gasteiger partial charge in [-0.3, -0.25) is 4.90 Å². The molecule has 3 rings (SSSR count). The highest BCUT2D eigenvalue weighted by atomic mass is 16.2. The third kappa shape index (κ3) is 2.46. The predicted octanol–water partition coefficient (Wildman–Crippen LogP) is 0.459. The van der Waals surface area contributed by atoms with Gasteiger partial charge in [-0.25, -0.2) is 4.79 Å². The van der Waals surface area contributed by atoms with Crippen LogP contribution in [0, 0.1) is 11.8 Å². The molecule has 3 fully saturated rings. The smallest absolute Gasteiger partial charge is 0.317 e. The Hall–Kier alpha value is -0.810. The summed E-state index contributed by atoms with van der Waals surface area (Å²) in [6, 6.07) is 1.13. The highest BCUT2D eigenvalue weighted by Crippen LogP contribution is 2.33. The molecule has 0 spiro atoms. The molecule has 0 aromatic carbocycles. The van der Waals surface area contributed by atoms with E-state index in [0.29, 0.717) is 18.0 Å². The topological polar surface area (TPSA) is 61.6 Å². The summed E-state index contributed by atoms with van der Waals surface area (Å²) in [5, 5.41) is 2.95. The molecule has 0 aromatic heterocycles. The number of fused-ring (bicyclic) bond motifs is 1. The minimum absolute atomic E-state index is 0.122. The molecule has 5 heteroatoms. The molecule has 0 aromatic rings. The first-order valence-electron chi connectivity index (χ1n) is 7.67. The van der Waals surface area contributed by atoms with Gasteiger partial charge in [0.2, 0.25) is 0 Å². The Morgan fingerprint density at radius 1 is 1.37 bits per heavy atom. The van der Waals surface area contributed by atoms with Crippen molar-refractivity contribution in [1.82, 2.24) is 15.1 Å². The Labute approximate surface area is 115 Å². The number of rotatable bonds is 2. The summed E-state index contributed by atoms with van der Waals surface area (Å²) in [4.78, 5) is 16.2. The van der Waals surface area contributed by atoms with Crippen molar-refractivity contribution in [1.29, 1.82) is 0 Å². The van der Waals surface area contributed by atoms with E-state index < -0.39 is 0 Å². The fourth-order valence-corrected chi connectivity index (χ4v) is 4.06. The Kier molecular flexibility index (Phi) is 3.67. The third-order valence-electron chi connectivity index (χ3n) is 5.25. The second-order valence-corrected chi connectivity index (χ2v) is 6.51. The Bertz CT molecular complexity index is 348. The van der Waals surface area contributed by atoms with Crippen LogP contribution in [0.25, 0.3) is 0 Å². The number of hydrogen-bond acceptors (Lipinski definition) is 3. The van der Waals surface area contributed by atoms with Crippen molar-refractivity contribution >= 4 is 6.03 Å². The maximum absolute atomic E-state index is 11.6. The second-order valence-electron chi connectivity index (χ2n) is 6.51. The molecule has 3 N–H and O–H groups in total. The van der Waals surface area contributed by atoms with Crippen LogP contribution in [0.4, 0.5) is 4.79 Å². The number of urea groups is 1. The van der Waals surface area contributed by atoms with Crippen molar-refractivity contribution in [2.24, 2.45) is 17.6 Å². The first kappa shape index (κ1) is 13.2. The number of nitrogens with one attached hydrogen (secondary N) is 1. The molecule has 5 nitrogen and oxygen atoms in total. The van der Waals surface area contributed by atoms with Crippen molar-refractivity contribution in [3.05, 3.63) is 0 Å². The van der Waals surface area contributed by atoms with Gasteiger partial charge in [-0.15, -0.1) is 0 Å². The van der Waals surface area contributed by atoms with Crippen LogP contribution >= 0.6 is 0 Å². The van der Waals surface area contributed by atoms with Crippen molar-refractivity contribution < 1.29 is 4.79 Å². The molecule has 19 heavy (non-hydrogen) atoms. The van der Waals surface area contributed by atoms with Crippen molar-refractivity contribution in [3.8, 4) is 0 Å². The van der Waals surface area contributed by atoms with Gasteiger partial charge in [-0.2, -0.15) is 0 Å². The summed E-state index contributed by atoms with van der Waals surface area (Å²) in [5.41, 5.74) is 5.97. The number of amides is 2. The molecule has 1 saturated carbocycles. The van der Waals surface area contributed by atoms with E-state index in [9.17, 15) is 4.79 Å². The average Bonchev–Trinajstić information content (AvgIpc) is 2.80. The Morgan fingerprint density at radius 3 is 3.00 bits per heavy atom. The van der Waals surface area contributed by atoms with Crippen LogP contribution in [-0.2, 0) is 0 Å². The average molecular weight is 266 g/mol. The number of carbonyl (C=O) groups excluding carboxylic acids is 1. The van der Waals surface area contributed by atoms with Crippen LogP contribution in [0.2, 0.25) is 0 Å². The van der Waals surface area contributed by atoms with E-state index in [1.54, 1.807) is 0 Å². The van der Waals surface area contributed by atoms with Gasteiger partial charge in [0.05, 0.1) is 6.04 Å². The minimum Gasteiger partial charge on any atom is -0.336 e. The van der Waals surface area contributed by atoms with E-state index in [4.69, 9.17) is 5.73 Å². The van der Waals surface area contributed by atoms with E-state index in [0.717, 1.165) is 38.6 Å². The lowest BCUT2D eigenvalue weighted by molar-refractivity contribution is 0.0350. The molecular weight excluding hydrogens is 240 g/mol. The zero-order chi connectivity index (χ0) is 13.4. The normalized spacial score (nSPS) is 40.1. The number of nitrogens with zero attached hydrogens (tertiary/aromatic N) is 2. The lowest BCUT2D eigenvalue weighted by atomic mass is 9.78. The van der Waals surface area contributed by atoms with Gasteiger partial charge >= 0.3 is 6.03 Å². The Morgan fingerprint density at radius 2 is 2.21 bits per heavy atom. The van der Waals surface area contributed by atoms with Gasteiger partial charge in [0, 0.05) is 32.2 Å². The summed E-state index contributed by atoms with van der Waals surface area (Å²) in [7, 11) is 0. The number of hydrogen-bond donors (Lipinski definition) is 2. The van der Waals surface area contributed by atoms with E-state index in [1.807, 2.05) is 4.90 Å². The first-order valence-corrected chi connectivity index (χ1v) is 7.67. The van der Waals surface area contributed by atoms with Crippen LogP contribution in [-0.4, -0.2) is 60.6 Å². The molecule has 4 atom stereocenters. The molecule has 2 saturated heterocycles. The largest absolute Gasteiger partial charge is 0.336 e. The molecule has 2 heterocycles. The van der Waals surface area contributed by atoms with Gasteiger partial charge in [-0.1, -0.05) is 13.3 Å². The zero-order valence-electron chi connectivity index (χ0n) is 11.8. The van der Waals surface area contributed by atoms with E-state index in [-0.39, 0.29) is 6.03 Å². The summed E-state index contributed by atoms with van der Waals surface area (Å²) in [5.74, 6) is 1.46. The summed E-state index contributed by atoms with van der Waals surface area (Å²) < 4.78 is 0. The van der Waals surface area contributed by atoms with Crippen LogP contribution in [0.1, 0.15) is 26.2 Å². The van der Waals surface area contributed by atoms with Crippen LogP contribution in [0.15, 0.2) is 0 Å². The monoisotopic (exact) mass is 266 g/mol. The van der Waals surface area contributed by atoms with Crippen molar-refractivity contribution in [2.45, 2.75) is 38.3 Å². The fourth-order valence-electron chi connectivity index (χ4n) is 4.06. The maximum Gasteiger partial charge on any atom is 0.317 e. The zero-order valence-corrected chi connectivity index (χ0v) is 11.8. The standard InChI is InChI=1S/C14H26N4O/c1-10-2-3-11(7-15)13(6-10)17-4-5-18-12(9-17)8-16-14(18)19/h10-13H,2-9,15H2,1H3,(H,16,19). The molecule has 3 aliphatic rings. The maximum atomic E-state index is 11.6. The lowest BCUT2D eigenvalue weighted by Crippen LogP contribution is -2.58. The van der Waals surface area contributed by atoms with Gasteiger partial charge in [-0.05, 0) is 31.2 Å². The molecule has 2 aliphatic heterocycles. The fraction of sp³-hybridized carbons (Fsp3) is 0.929. The quantitative estimate of drug-likeness (QED) is 0.763. The van der Waals surface area contributed by atoms with Crippen LogP contribution < -0.4 is 11.1 Å². The Balaban J connectivity index is 1.66. The highest BCUT2D eigenvalue weighted by Gasteiger charge is 2.40. The molecule has 0 radical (unpaired) electrons. The third-order valence-corrected chi connectivity index (χ3v) is 5.25. The molecular formula is C14H26N4O. The van der Waals surface area contributed by atoms with Gasteiger partial charge in [0.25, 0.3) is 0 Å². The van der Waals surface area contributed by atoms with Crippen LogP contribution in [0.3, 0.4) is 0 Å². The SMILES string of the molecule is CC1CCC(CN)C(N2CCN3C(=O)NCC3C2)C1. The van der Waals surface area contributed by atoms with Crippen LogP contribution in [0.5, 0.6) is 0 Å². The number of piperazine rings is 1. The van der Waals surface area contributed by atoms with E-state index in [2.05, 4.69) is 17.1 Å². The molecule has 0 bridgehead atoms. The summed E-state index contributed by atoms with van der Waals surface area (Å²) >= 11 is 0. The van der Waals surface area contributed by atoms with Crippen molar-refractivity contribution in [3.63, 3.8) is 0 Å². The molecule has 1 aliphatic carbocycles. The van der Waals surface area contributed by atoms with Gasteiger partial charge < -0.3 is 16.0 Å². The van der Waals surface area contributed by atoms with E-state index >= 15 is 0 Å². The van der Waals surface area contributed by atoms with E-state index in [1.165, 1.54) is 19.3 Å². The highest BCUT2D eigenvalue weighted by molar-refractivity contribution is 5.77. The predicted molar refractivity (Wildman–Crippen MR) is 74.8 cm³/mol. The summed E-state index contributed by atoms with van der Waals surface area (Å²) in [6.07, 6.45) is 3.86. The summed E-state index contributed by atoms with van der Waals surface area (Å²) in [6.45, 7) is 6.88. The first-order chi connectivity index (χ1) is 9.19.